The highest BCUT2D eigenvalue weighted by atomic mass is 16.5. The molecule has 0 heterocycles. The second-order valence-electron chi connectivity index (χ2n) is 6.13. The zero-order valence-electron chi connectivity index (χ0n) is 13.1. The number of hydrogen-bond acceptors (Lipinski definition) is 3. The van der Waals surface area contributed by atoms with Crippen molar-refractivity contribution in [1.82, 2.24) is 0 Å². The van der Waals surface area contributed by atoms with E-state index < -0.39 is 0 Å². The summed E-state index contributed by atoms with van der Waals surface area (Å²) in [6, 6.07) is 18.9. The fourth-order valence-corrected chi connectivity index (χ4v) is 3.08. The van der Waals surface area contributed by atoms with Crippen molar-refractivity contribution < 1.29 is 14.3 Å². The van der Waals surface area contributed by atoms with Gasteiger partial charge in [0.05, 0.1) is 0 Å². The number of hydrogen-bond donors (Lipinski definition) is 0. The molecule has 0 bridgehead atoms. The summed E-state index contributed by atoms with van der Waals surface area (Å²) in [6.07, 6.45) is 0.317. The molecule has 3 nitrogen and oxygen atoms in total. The second-order valence-corrected chi connectivity index (χ2v) is 6.13. The van der Waals surface area contributed by atoms with Crippen LogP contribution in [0.2, 0.25) is 0 Å². The molecule has 0 aliphatic heterocycles. The van der Waals surface area contributed by atoms with Gasteiger partial charge in [-0.05, 0) is 17.4 Å². The van der Waals surface area contributed by atoms with Gasteiger partial charge in [-0.15, -0.1) is 0 Å². The van der Waals surface area contributed by atoms with E-state index in [1.165, 1.54) is 0 Å². The lowest BCUT2D eigenvalue weighted by molar-refractivity contribution is -0.145. The van der Waals surface area contributed by atoms with Gasteiger partial charge in [-0.2, -0.15) is 0 Å². The quantitative estimate of drug-likeness (QED) is 0.601. The average molecular weight is 308 g/mol. The molecule has 3 heteroatoms. The Kier molecular flexibility index (Phi) is 4.56. The van der Waals surface area contributed by atoms with Crippen molar-refractivity contribution in [2.24, 2.45) is 17.8 Å². The summed E-state index contributed by atoms with van der Waals surface area (Å²) in [5.41, 5.74) is 1.70. The van der Waals surface area contributed by atoms with Gasteiger partial charge >= 0.3 is 5.97 Å². The Morgan fingerprint density at radius 2 is 1.57 bits per heavy atom. The summed E-state index contributed by atoms with van der Waals surface area (Å²) in [5, 5.41) is 0. The number of ketones is 1. The molecule has 0 saturated heterocycles. The van der Waals surface area contributed by atoms with Crippen LogP contribution in [0.5, 0.6) is 0 Å². The van der Waals surface area contributed by atoms with Gasteiger partial charge in [0, 0.05) is 17.9 Å². The van der Waals surface area contributed by atoms with Crippen molar-refractivity contribution in [3.8, 4) is 0 Å². The van der Waals surface area contributed by atoms with Gasteiger partial charge in [0.25, 0.3) is 0 Å². The van der Waals surface area contributed by atoms with Crippen LogP contribution in [0, 0.1) is 17.8 Å². The molecule has 1 fully saturated rings. The summed E-state index contributed by atoms with van der Waals surface area (Å²) in [7, 11) is 0. The monoisotopic (exact) mass is 308 g/mol. The third-order valence-corrected chi connectivity index (χ3v) is 4.57. The molecule has 1 aliphatic rings. The fourth-order valence-electron chi connectivity index (χ4n) is 3.08. The maximum absolute atomic E-state index is 12.4. The predicted molar refractivity (Wildman–Crippen MR) is 87.8 cm³/mol. The van der Waals surface area contributed by atoms with Crippen molar-refractivity contribution >= 4 is 11.8 Å². The van der Waals surface area contributed by atoms with Crippen LogP contribution in [0.25, 0.3) is 0 Å². The number of Topliss-reactive ketones (excluding diaryl/α,β-unsaturated/α-hetero) is 1. The standard InChI is InChI=1S/C20H20O3/c1-14-17(19(14)20(22)16-10-6-3-7-11-16)12-18(21)23-13-15-8-4-2-5-9-15/h2-11,14,17,19H,12-13H2,1H3/t14-,17+,19+/m0/s1. The van der Waals surface area contributed by atoms with E-state index in [4.69, 9.17) is 4.74 Å². The zero-order valence-corrected chi connectivity index (χ0v) is 13.1. The van der Waals surface area contributed by atoms with Crippen LogP contribution in [-0.2, 0) is 16.1 Å². The van der Waals surface area contributed by atoms with E-state index in [-0.39, 0.29) is 36.1 Å². The first kappa shape index (κ1) is 15.5. The molecule has 0 N–H and O–H groups in total. The van der Waals surface area contributed by atoms with Crippen molar-refractivity contribution in [1.29, 1.82) is 0 Å². The largest absolute Gasteiger partial charge is 0.461 e. The third-order valence-electron chi connectivity index (χ3n) is 4.57. The lowest BCUT2D eigenvalue weighted by atomic mass is 10.1. The normalized spacial score (nSPS) is 22.4. The van der Waals surface area contributed by atoms with Gasteiger partial charge in [0.15, 0.2) is 5.78 Å². The molecule has 23 heavy (non-hydrogen) atoms. The summed E-state index contributed by atoms with van der Waals surface area (Å²) in [5.74, 6) is 0.202. The number of rotatable bonds is 6. The van der Waals surface area contributed by atoms with Crippen LogP contribution in [0.3, 0.4) is 0 Å². The summed E-state index contributed by atoms with van der Waals surface area (Å²) in [6.45, 7) is 2.32. The molecular weight excluding hydrogens is 288 g/mol. The Hall–Kier alpha value is -2.42. The molecule has 1 aliphatic carbocycles. The maximum atomic E-state index is 12.4. The Morgan fingerprint density at radius 1 is 0.957 bits per heavy atom. The smallest absolute Gasteiger partial charge is 0.306 e. The van der Waals surface area contributed by atoms with Crippen molar-refractivity contribution in [3.05, 3.63) is 71.8 Å². The highest BCUT2D eigenvalue weighted by molar-refractivity contribution is 6.00. The van der Waals surface area contributed by atoms with Crippen molar-refractivity contribution in [2.75, 3.05) is 0 Å². The highest BCUT2D eigenvalue weighted by Crippen LogP contribution is 2.50. The molecule has 118 valence electrons. The Balaban J connectivity index is 1.51. The SMILES string of the molecule is C[C@H]1[C@@H](CC(=O)OCc2ccccc2)[C@@H]1C(=O)c1ccccc1. The number of carbonyl (C=O) groups is 2. The molecule has 0 amide bonds. The minimum absolute atomic E-state index is 0.0540. The van der Waals surface area contributed by atoms with E-state index in [2.05, 4.69) is 0 Å². The van der Waals surface area contributed by atoms with Crippen molar-refractivity contribution in [3.63, 3.8) is 0 Å². The molecule has 3 atom stereocenters. The van der Waals surface area contributed by atoms with Gasteiger partial charge in [-0.25, -0.2) is 0 Å². The predicted octanol–water partition coefficient (Wildman–Crippen LogP) is 3.88. The van der Waals surface area contributed by atoms with Crippen molar-refractivity contribution in [2.45, 2.75) is 20.0 Å². The van der Waals surface area contributed by atoms with Gasteiger partial charge < -0.3 is 4.74 Å². The lowest BCUT2D eigenvalue weighted by Crippen LogP contribution is -2.08. The molecule has 2 aromatic rings. The molecule has 0 unspecified atom stereocenters. The first-order valence-electron chi connectivity index (χ1n) is 7.95. The lowest BCUT2D eigenvalue weighted by Gasteiger charge is -2.04. The van der Waals surface area contributed by atoms with E-state index >= 15 is 0 Å². The average Bonchev–Trinajstić information content (AvgIpc) is 3.23. The number of carbonyl (C=O) groups excluding carboxylic acids is 2. The van der Waals surface area contributed by atoms with E-state index in [9.17, 15) is 9.59 Å². The van der Waals surface area contributed by atoms with Gasteiger partial charge in [-0.1, -0.05) is 67.6 Å². The fraction of sp³-hybridized carbons (Fsp3) is 0.300. The minimum Gasteiger partial charge on any atom is -0.461 e. The number of esters is 1. The number of benzene rings is 2. The van der Waals surface area contributed by atoms with Crippen LogP contribution in [0.15, 0.2) is 60.7 Å². The summed E-state index contributed by atoms with van der Waals surface area (Å²) in [4.78, 5) is 24.4. The van der Waals surface area contributed by atoms with Gasteiger partial charge in [-0.3, -0.25) is 9.59 Å². The Bertz CT molecular complexity index is 679. The topological polar surface area (TPSA) is 43.4 Å². The van der Waals surface area contributed by atoms with E-state index in [1.807, 2.05) is 67.6 Å². The van der Waals surface area contributed by atoms with Crippen LogP contribution in [0.1, 0.15) is 29.3 Å². The molecule has 0 spiro atoms. The third kappa shape index (κ3) is 3.67. The molecular formula is C20H20O3. The summed E-state index contributed by atoms with van der Waals surface area (Å²) >= 11 is 0. The van der Waals surface area contributed by atoms with Gasteiger partial charge in [0.2, 0.25) is 0 Å². The highest BCUT2D eigenvalue weighted by Gasteiger charge is 2.52. The van der Waals surface area contributed by atoms with Crippen LogP contribution in [-0.4, -0.2) is 11.8 Å². The Morgan fingerprint density at radius 3 is 2.22 bits per heavy atom. The second kappa shape index (κ2) is 6.78. The number of ether oxygens (including phenoxy) is 1. The first-order chi connectivity index (χ1) is 11.2. The van der Waals surface area contributed by atoms with Gasteiger partial charge in [0.1, 0.15) is 6.61 Å². The van der Waals surface area contributed by atoms with E-state index in [1.54, 1.807) is 0 Å². The molecule has 3 rings (SSSR count). The molecule has 0 aromatic heterocycles. The maximum Gasteiger partial charge on any atom is 0.306 e. The Labute approximate surface area is 136 Å². The van der Waals surface area contributed by atoms with Crippen LogP contribution >= 0.6 is 0 Å². The van der Waals surface area contributed by atoms with Crippen LogP contribution in [0.4, 0.5) is 0 Å². The van der Waals surface area contributed by atoms with E-state index in [0.29, 0.717) is 6.42 Å². The summed E-state index contributed by atoms with van der Waals surface area (Å²) < 4.78 is 5.31. The zero-order chi connectivity index (χ0) is 16.2. The van der Waals surface area contributed by atoms with Crippen LogP contribution < -0.4 is 0 Å². The molecule has 0 radical (unpaired) electrons. The van der Waals surface area contributed by atoms with E-state index in [0.717, 1.165) is 11.1 Å². The first-order valence-corrected chi connectivity index (χ1v) is 7.95. The molecule has 1 saturated carbocycles. The molecule has 2 aromatic carbocycles. The minimum atomic E-state index is -0.228.